The lowest BCUT2D eigenvalue weighted by Gasteiger charge is -2.22. The molecule has 1 aliphatic heterocycles. The number of carboxylic acid groups (broad SMARTS) is 1. The number of rotatable bonds is 3. The molecule has 1 aromatic rings. The Morgan fingerprint density at radius 2 is 2.00 bits per heavy atom. The lowest BCUT2D eigenvalue weighted by molar-refractivity contribution is -0.134. The Balaban J connectivity index is 0.000000357. The summed E-state index contributed by atoms with van der Waals surface area (Å²) in [7, 11) is 0. The summed E-state index contributed by atoms with van der Waals surface area (Å²) in [5.41, 5.74) is 1.34. The highest BCUT2D eigenvalue weighted by Crippen LogP contribution is 2.19. The highest BCUT2D eigenvalue weighted by atomic mass is 16.4. The van der Waals surface area contributed by atoms with E-state index in [0.717, 1.165) is 26.4 Å². The zero-order valence-electron chi connectivity index (χ0n) is 10.7. The van der Waals surface area contributed by atoms with Gasteiger partial charge in [-0.3, -0.25) is 9.69 Å². The molecule has 1 fully saturated rings. The third-order valence-electron chi connectivity index (χ3n) is 2.94. The third kappa shape index (κ3) is 5.29. The zero-order chi connectivity index (χ0) is 13.4. The van der Waals surface area contributed by atoms with Crippen LogP contribution in [0.2, 0.25) is 0 Å². The van der Waals surface area contributed by atoms with Crippen molar-refractivity contribution < 1.29 is 15.0 Å². The molecular weight excluding hydrogens is 230 g/mol. The first-order chi connectivity index (χ1) is 8.63. The maximum Gasteiger partial charge on any atom is 0.300 e. The number of aliphatic hydroxyl groups is 1. The van der Waals surface area contributed by atoms with Crippen molar-refractivity contribution in [2.45, 2.75) is 32.4 Å². The molecule has 1 aliphatic rings. The van der Waals surface area contributed by atoms with Gasteiger partial charge in [0.25, 0.3) is 5.97 Å². The number of carboxylic acids is 1. The average Bonchev–Trinajstić information content (AvgIpc) is 2.77. The van der Waals surface area contributed by atoms with E-state index in [0.29, 0.717) is 12.6 Å². The minimum atomic E-state index is -0.833. The van der Waals surface area contributed by atoms with E-state index in [2.05, 4.69) is 29.2 Å². The van der Waals surface area contributed by atoms with Gasteiger partial charge in [0.15, 0.2) is 0 Å². The lowest BCUT2D eigenvalue weighted by atomic mass is 10.2. The second-order valence-electron chi connectivity index (χ2n) is 4.45. The van der Waals surface area contributed by atoms with Crippen LogP contribution in [-0.4, -0.2) is 40.3 Å². The van der Waals surface area contributed by atoms with Crippen LogP contribution in [-0.2, 0) is 11.3 Å². The van der Waals surface area contributed by atoms with Crippen LogP contribution >= 0.6 is 0 Å². The third-order valence-corrected chi connectivity index (χ3v) is 2.94. The molecule has 18 heavy (non-hydrogen) atoms. The van der Waals surface area contributed by atoms with E-state index >= 15 is 0 Å². The Kier molecular flexibility index (Phi) is 6.39. The molecule has 2 rings (SSSR count). The number of aliphatic carboxylic acids is 1. The van der Waals surface area contributed by atoms with Gasteiger partial charge in [-0.05, 0) is 24.9 Å². The maximum atomic E-state index is 9.17. The van der Waals surface area contributed by atoms with Gasteiger partial charge in [0.05, 0.1) is 6.61 Å². The second-order valence-corrected chi connectivity index (χ2v) is 4.45. The van der Waals surface area contributed by atoms with Crippen molar-refractivity contribution in [3.63, 3.8) is 0 Å². The topological polar surface area (TPSA) is 60.8 Å². The summed E-state index contributed by atoms with van der Waals surface area (Å²) >= 11 is 0. The molecule has 1 heterocycles. The van der Waals surface area contributed by atoms with Crippen molar-refractivity contribution >= 4 is 5.97 Å². The first kappa shape index (κ1) is 14.7. The van der Waals surface area contributed by atoms with Crippen LogP contribution in [0.1, 0.15) is 25.3 Å². The van der Waals surface area contributed by atoms with E-state index < -0.39 is 5.97 Å². The average molecular weight is 251 g/mol. The molecule has 0 radical (unpaired) electrons. The molecule has 100 valence electrons. The molecule has 0 aliphatic carbocycles. The fraction of sp³-hybridized carbons (Fsp3) is 0.500. The van der Waals surface area contributed by atoms with Crippen LogP contribution in [0.15, 0.2) is 30.3 Å². The summed E-state index contributed by atoms with van der Waals surface area (Å²) < 4.78 is 0. The molecule has 1 saturated heterocycles. The fourth-order valence-electron chi connectivity index (χ4n) is 2.13. The van der Waals surface area contributed by atoms with Crippen molar-refractivity contribution in [1.29, 1.82) is 0 Å². The summed E-state index contributed by atoms with van der Waals surface area (Å²) in [5, 5.41) is 16.6. The summed E-state index contributed by atoms with van der Waals surface area (Å²) in [5.74, 6) is -0.833. The SMILES string of the molecule is CC(=O)O.OC[C@@H]1CCCN1Cc1ccccc1. The first-order valence-electron chi connectivity index (χ1n) is 6.22. The molecule has 0 saturated carbocycles. The Hall–Kier alpha value is -1.39. The van der Waals surface area contributed by atoms with Crippen molar-refractivity contribution in [2.75, 3.05) is 13.2 Å². The van der Waals surface area contributed by atoms with Gasteiger partial charge in [-0.2, -0.15) is 0 Å². The van der Waals surface area contributed by atoms with Crippen LogP contribution in [0, 0.1) is 0 Å². The molecule has 4 heteroatoms. The minimum absolute atomic E-state index is 0.298. The normalized spacial score (nSPS) is 19.1. The summed E-state index contributed by atoms with van der Waals surface area (Å²) in [6.45, 7) is 3.49. The number of carbonyl (C=O) groups is 1. The van der Waals surface area contributed by atoms with Gasteiger partial charge in [0.2, 0.25) is 0 Å². The Labute approximate surface area is 108 Å². The molecule has 1 aromatic carbocycles. The van der Waals surface area contributed by atoms with Gasteiger partial charge in [-0.1, -0.05) is 30.3 Å². The first-order valence-corrected chi connectivity index (χ1v) is 6.22. The monoisotopic (exact) mass is 251 g/mol. The molecule has 4 nitrogen and oxygen atoms in total. The van der Waals surface area contributed by atoms with Gasteiger partial charge >= 0.3 is 0 Å². The second kappa shape index (κ2) is 7.84. The number of hydrogen-bond donors (Lipinski definition) is 2. The van der Waals surface area contributed by atoms with E-state index in [1.807, 2.05) is 6.07 Å². The molecule has 0 aromatic heterocycles. The van der Waals surface area contributed by atoms with E-state index in [1.165, 1.54) is 12.0 Å². The number of likely N-dealkylation sites (tertiary alicyclic amines) is 1. The van der Waals surface area contributed by atoms with Gasteiger partial charge in [-0.15, -0.1) is 0 Å². The van der Waals surface area contributed by atoms with Crippen LogP contribution in [0.5, 0.6) is 0 Å². The van der Waals surface area contributed by atoms with Crippen molar-refractivity contribution in [2.24, 2.45) is 0 Å². The van der Waals surface area contributed by atoms with E-state index in [4.69, 9.17) is 9.90 Å². The molecule has 2 N–H and O–H groups in total. The highest BCUT2D eigenvalue weighted by Gasteiger charge is 2.23. The van der Waals surface area contributed by atoms with E-state index in [-0.39, 0.29) is 0 Å². The number of hydrogen-bond acceptors (Lipinski definition) is 3. The smallest absolute Gasteiger partial charge is 0.300 e. The fourth-order valence-corrected chi connectivity index (χ4v) is 2.13. The Morgan fingerprint density at radius 1 is 1.39 bits per heavy atom. The molecule has 0 amide bonds. The molecule has 0 unspecified atom stereocenters. The van der Waals surface area contributed by atoms with Crippen LogP contribution in [0.25, 0.3) is 0 Å². The van der Waals surface area contributed by atoms with Crippen LogP contribution < -0.4 is 0 Å². The van der Waals surface area contributed by atoms with Crippen molar-refractivity contribution in [3.8, 4) is 0 Å². The molecule has 1 atom stereocenters. The Morgan fingerprint density at radius 3 is 2.56 bits per heavy atom. The van der Waals surface area contributed by atoms with Crippen molar-refractivity contribution in [1.82, 2.24) is 4.90 Å². The molecule has 0 bridgehead atoms. The van der Waals surface area contributed by atoms with Gasteiger partial charge in [0.1, 0.15) is 0 Å². The van der Waals surface area contributed by atoms with Gasteiger partial charge in [0, 0.05) is 19.5 Å². The quantitative estimate of drug-likeness (QED) is 0.859. The number of benzene rings is 1. The van der Waals surface area contributed by atoms with Crippen LogP contribution in [0.3, 0.4) is 0 Å². The lowest BCUT2D eigenvalue weighted by Crippen LogP contribution is -2.31. The highest BCUT2D eigenvalue weighted by molar-refractivity contribution is 5.62. The predicted molar refractivity (Wildman–Crippen MR) is 70.3 cm³/mol. The van der Waals surface area contributed by atoms with E-state index in [1.54, 1.807) is 0 Å². The van der Waals surface area contributed by atoms with E-state index in [9.17, 15) is 5.11 Å². The Bertz CT molecular complexity index is 349. The maximum absolute atomic E-state index is 9.17. The summed E-state index contributed by atoms with van der Waals surface area (Å²) in [4.78, 5) is 11.4. The molecular formula is C14H21NO3. The number of nitrogens with zero attached hydrogens (tertiary/aromatic N) is 1. The van der Waals surface area contributed by atoms with Gasteiger partial charge < -0.3 is 10.2 Å². The summed E-state index contributed by atoms with van der Waals surface area (Å²) in [6.07, 6.45) is 2.36. The summed E-state index contributed by atoms with van der Waals surface area (Å²) in [6, 6.07) is 10.9. The standard InChI is InChI=1S/C12H17NO.C2H4O2/c14-10-12-7-4-8-13(12)9-11-5-2-1-3-6-11;1-2(3)4/h1-3,5-6,12,14H,4,7-10H2;1H3,(H,3,4)/t12-;/m0./s1. The molecule has 0 spiro atoms. The minimum Gasteiger partial charge on any atom is -0.481 e. The van der Waals surface area contributed by atoms with Gasteiger partial charge in [-0.25, -0.2) is 0 Å². The predicted octanol–water partition coefficient (Wildman–Crippen LogP) is 1.73. The largest absolute Gasteiger partial charge is 0.481 e. The number of aliphatic hydroxyl groups excluding tert-OH is 1. The van der Waals surface area contributed by atoms with Crippen molar-refractivity contribution in [3.05, 3.63) is 35.9 Å². The zero-order valence-corrected chi connectivity index (χ0v) is 10.7. The van der Waals surface area contributed by atoms with Crippen LogP contribution in [0.4, 0.5) is 0 Å².